The van der Waals surface area contributed by atoms with Gasteiger partial charge in [-0.25, -0.2) is 4.98 Å². The van der Waals surface area contributed by atoms with E-state index in [0.29, 0.717) is 5.69 Å². The van der Waals surface area contributed by atoms with Crippen LogP contribution in [0.15, 0.2) is 47.9 Å². The molecule has 2 aromatic heterocycles. The van der Waals surface area contributed by atoms with E-state index in [1.807, 2.05) is 0 Å². The Kier molecular flexibility index (Phi) is 3.25. The van der Waals surface area contributed by atoms with Crippen LogP contribution in [0, 0.1) is 0 Å². The van der Waals surface area contributed by atoms with Gasteiger partial charge in [-0.2, -0.15) is 0 Å². The van der Waals surface area contributed by atoms with Gasteiger partial charge in [-0.05, 0) is 12.1 Å². The average molecular weight is 230 g/mol. The third-order valence-electron chi connectivity index (χ3n) is 2.07. The van der Waals surface area contributed by atoms with E-state index in [2.05, 4.69) is 15.3 Å². The Bertz CT molecular complexity index is 565. The highest BCUT2D eigenvalue weighted by Gasteiger charge is 2.04. The summed E-state index contributed by atoms with van der Waals surface area (Å²) in [5, 5.41) is 2.65. The number of carbonyl (C=O) groups excluding carboxylic acids is 1. The van der Waals surface area contributed by atoms with Crippen molar-refractivity contribution in [3.63, 3.8) is 0 Å². The molecule has 0 bridgehead atoms. The summed E-state index contributed by atoms with van der Waals surface area (Å²) in [4.78, 5) is 30.6. The van der Waals surface area contributed by atoms with Crippen molar-refractivity contribution in [3.05, 3.63) is 53.5 Å². The zero-order chi connectivity index (χ0) is 12.1. The van der Waals surface area contributed by atoms with E-state index < -0.39 is 0 Å². The van der Waals surface area contributed by atoms with Gasteiger partial charge in [0, 0.05) is 30.3 Å². The summed E-state index contributed by atoms with van der Waals surface area (Å²) in [6.07, 6.45) is 5.87. The second kappa shape index (κ2) is 5.02. The Balaban J connectivity index is 2.04. The number of anilines is 1. The molecule has 1 amide bonds. The fourth-order valence-electron chi connectivity index (χ4n) is 1.29. The summed E-state index contributed by atoms with van der Waals surface area (Å²) in [6, 6.07) is 4.65. The Hall–Kier alpha value is -2.50. The lowest BCUT2D eigenvalue weighted by atomic mass is 10.4. The summed E-state index contributed by atoms with van der Waals surface area (Å²) < 4.78 is 1.23. The Morgan fingerprint density at radius 1 is 1.18 bits per heavy atom. The summed E-state index contributed by atoms with van der Waals surface area (Å²) in [6.45, 7) is -0.0605. The summed E-state index contributed by atoms with van der Waals surface area (Å²) >= 11 is 0. The normalized spacial score (nSPS) is 9.88. The summed E-state index contributed by atoms with van der Waals surface area (Å²) in [5.74, 6) is -0.286. The maximum Gasteiger partial charge on any atom is 0.253 e. The number of rotatable bonds is 3. The molecule has 0 spiro atoms. The topological polar surface area (TPSA) is 76.9 Å². The third-order valence-corrected chi connectivity index (χ3v) is 2.07. The highest BCUT2D eigenvalue weighted by atomic mass is 16.2. The van der Waals surface area contributed by atoms with Gasteiger partial charge in [-0.15, -0.1) is 0 Å². The molecule has 2 rings (SSSR count). The molecular formula is C11H10N4O2. The van der Waals surface area contributed by atoms with Crippen LogP contribution in [0.1, 0.15) is 0 Å². The number of pyridine rings is 1. The number of nitrogens with one attached hydrogen (secondary N) is 1. The van der Waals surface area contributed by atoms with Gasteiger partial charge in [0.25, 0.3) is 5.56 Å². The van der Waals surface area contributed by atoms with Crippen LogP contribution in [0.25, 0.3) is 0 Å². The van der Waals surface area contributed by atoms with Gasteiger partial charge in [0.1, 0.15) is 6.54 Å². The molecule has 0 aliphatic rings. The molecule has 2 heterocycles. The van der Waals surface area contributed by atoms with Gasteiger partial charge < -0.3 is 5.32 Å². The lowest BCUT2D eigenvalue weighted by Crippen LogP contribution is -2.26. The molecule has 0 fully saturated rings. The third kappa shape index (κ3) is 2.97. The number of amides is 1. The predicted octanol–water partition coefficient (Wildman–Crippen LogP) is 0.277. The van der Waals surface area contributed by atoms with Crippen LogP contribution in [0.3, 0.4) is 0 Å². The molecule has 1 N–H and O–H groups in total. The minimum atomic E-state index is -0.286. The first-order valence-electron chi connectivity index (χ1n) is 4.96. The second-order valence-corrected chi connectivity index (χ2v) is 3.33. The molecule has 0 radical (unpaired) electrons. The highest BCUT2D eigenvalue weighted by molar-refractivity contribution is 5.90. The van der Waals surface area contributed by atoms with Crippen LogP contribution in [-0.4, -0.2) is 20.4 Å². The van der Waals surface area contributed by atoms with Gasteiger partial charge in [-0.3, -0.25) is 19.1 Å². The van der Waals surface area contributed by atoms with Crippen molar-refractivity contribution in [3.8, 4) is 0 Å². The van der Waals surface area contributed by atoms with E-state index in [1.165, 1.54) is 23.2 Å². The van der Waals surface area contributed by atoms with E-state index in [0.717, 1.165) is 0 Å². The molecule has 0 aliphatic heterocycles. The number of aromatic nitrogens is 3. The van der Waals surface area contributed by atoms with Crippen LogP contribution < -0.4 is 10.9 Å². The zero-order valence-corrected chi connectivity index (χ0v) is 8.91. The molecule has 6 heteroatoms. The molecule has 2 aromatic rings. The molecule has 0 aliphatic carbocycles. The van der Waals surface area contributed by atoms with Crippen LogP contribution in [0.5, 0.6) is 0 Å². The van der Waals surface area contributed by atoms with Crippen LogP contribution >= 0.6 is 0 Å². The second-order valence-electron chi connectivity index (χ2n) is 3.33. The number of hydrogen-bond acceptors (Lipinski definition) is 4. The van der Waals surface area contributed by atoms with Gasteiger partial charge in [0.05, 0.1) is 6.33 Å². The molecule has 86 valence electrons. The number of nitrogens with zero attached hydrogens (tertiary/aromatic N) is 3. The molecule has 0 aromatic carbocycles. The fraction of sp³-hybridized carbons (Fsp3) is 0.0909. The first-order valence-corrected chi connectivity index (χ1v) is 4.96. The molecule has 0 atom stereocenters. The Morgan fingerprint density at radius 3 is 2.59 bits per heavy atom. The number of carbonyl (C=O) groups is 1. The lowest BCUT2D eigenvalue weighted by molar-refractivity contribution is -0.116. The van der Waals surface area contributed by atoms with Crippen molar-refractivity contribution in [2.45, 2.75) is 6.54 Å². The summed E-state index contributed by atoms with van der Waals surface area (Å²) in [5.41, 5.74) is 0.381. The average Bonchev–Trinajstić information content (AvgIpc) is 2.33. The van der Waals surface area contributed by atoms with Crippen molar-refractivity contribution < 1.29 is 4.79 Å². The maximum atomic E-state index is 11.6. The molecular weight excluding hydrogens is 220 g/mol. The van der Waals surface area contributed by atoms with Crippen LogP contribution in [-0.2, 0) is 11.3 Å². The fourth-order valence-corrected chi connectivity index (χ4v) is 1.29. The maximum absolute atomic E-state index is 11.6. The van der Waals surface area contributed by atoms with Crippen molar-refractivity contribution in [1.82, 2.24) is 14.5 Å². The van der Waals surface area contributed by atoms with E-state index in [1.54, 1.807) is 24.5 Å². The largest absolute Gasteiger partial charge is 0.324 e. The van der Waals surface area contributed by atoms with Gasteiger partial charge in [0.2, 0.25) is 5.91 Å². The van der Waals surface area contributed by atoms with Crippen LogP contribution in [0.4, 0.5) is 5.69 Å². The molecule has 0 saturated heterocycles. The van der Waals surface area contributed by atoms with Crippen LogP contribution in [0.2, 0.25) is 0 Å². The minimum absolute atomic E-state index is 0.0605. The molecule has 0 saturated carbocycles. The first-order chi connectivity index (χ1) is 8.25. The van der Waals surface area contributed by atoms with E-state index in [4.69, 9.17) is 0 Å². The van der Waals surface area contributed by atoms with E-state index >= 15 is 0 Å². The summed E-state index contributed by atoms with van der Waals surface area (Å²) in [7, 11) is 0. The smallest absolute Gasteiger partial charge is 0.253 e. The predicted molar refractivity (Wildman–Crippen MR) is 61.4 cm³/mol. The Labute approximate surface area is 97.0 Å². The van der Waals surface area contributed by atoms with Gasteiger partial charge in [-0.1, -0.05) is 0 Å². The zero-order valence-electron chi connectivity index (χ0n) is 8.91. The quantitative estimate of drug-likeness (QED) is 0.821. The monoisotopic (exact) mass is 230 g/mol. The van der Waals surface area contributed by atoms with E-state index in [9.17, 15) is 9.59 Å². The molecule has 6 nitrogen and oxygen atoms in total. The Morgan fingerprint density at radius 2 is 1.88 bits per heavy atom. The van der Waals surface area contributed by atoms with Gasteiger partial charge in [0.15, 0.2) is 0 Å². The van der Waals surface area contributed by atoms with Crippen molar-refractivity contribution in [2.75, 3.05) is 5.32 Å². The highest BCUT2D eigenvalue weighted by Crippen LogP contribution is 2.02. The van der Waals surface area contributed by atoms with Gasteiger partial charge >= 0.3 is 0 Å². The van der Waals surface area contributed by atoms with Crippen molar-refractivity contribution in [2.24, 2.45) is 0 Å². The minimum Gasteiger partial charge on any atom is -0.324 e. The first kappa shape index (κ1) is 11.0. The molecule has 0 unspecified atom stereocenters. The van der Waals surface area contributed by atoms with Crippen molar-refractivity contribution >= 4 is 11.6 Å². The van der Waals surface area contributed by atoms with E-state index in [-0.39, 0.29) is 18.0 Å². The number of hydrogen-bond donors (Lipinski definition) is 1. The van der Waals surface area contributed by atoms with Crippen molar-refractivity contribution in [1.29, 1.82) is 0 Å². The molecule has 17 heavy (non-hydrogen) atoms. The standard InChI is InChI=1S/C11H10N4O2/c16-10(14-9-1-4-12-5-2-9)7-15-8-13-6-3-11(15)17/h1-6,8H,7H2,(H,12,14,16). The SMILES string of the molecule is O=C(Cn1cnccc1=O)Nc1ccncc1. The lowest BCUT2D eigenvalue weighted by Gasteiger charge is -2.05.